The van der Waals surface area contributed by atoms with Gasteiger partial charge in [0, 0.05) is 5.39 Å². The highest BCUT2D eigenvalue weighted by molar-refractivity contribution is 5.82. The monoisotopic (exact) mass is 260 g/mol. The van der Waals surface area contributed by atoms with Gasteiger partial charge in [-0.1, -0.05) is 32.0 Å². The Hall–Kier alpha value is -1.81. The van der Waals surface area contributed by atoms with Crippen LogP contribution < -0.4 is 11.1 Å². The highest BCUT2D eigenvalue weighted by Crippen LogP contribution is 2.23. The molecule has 2 rings (SSSR count). The molecule has 2 unspecified atom stereocenters. The van der Waals surface area contributed by atoms with Crippen molar-refractivity contribution in [2.45, 2.75) is 32.9 Å². The molecule has 2 atom stereocenters. The molecule has 4 nitrogen and oxygen atoms in total. The molecule has 4 heteroatoms. The van der Waals surface area contributed by atoms with Crippen molar-refractivity contribution in [1.82, 2.24) is 5.32 Å². The molecule has 0 aliphatic carbocycles. The van der Waals surface area contributed by atoms with E-state index in [0.29, 0.717) is 0 Å². The molecule has 0 spiro atoms. The number of para-hydroxylation sites is 1. The molecule has 102 valence electrons. The smallest absolute Gasteiger partial charge is 0.237 e. The normalized spacial score (nSPS) is 14.6. The van der Waals surface area contributed by atoms with E-state index in [-0.39, 0.29) is 17.9 Å². The molecule has 19 heavy (non-hydrogen) atoms. The first kappa shape index (κ1) is 13.6. The number of furan rings is 1. The summed E-state index contributed by atoms with van der Waals surface area (Å²) in [6.45, 7) is 5.74. The summed E-state index contributed by atoms with van der Waals surface area (Å²) in [6, 6.07) is 9.04. The molecule has 3 N–H and O–H groups in total. The van der Waals surface area contributed by atoms with E-state index >= 15 is 0 Å². The molecule has 0 radical (unpaired) electrons. The molecule has 0 saturated heterocycles. The first-order chi connectivity index (χ1) is 8.99. The number of benzene rings is 1. The highest BCUT2D eigenvalue weighted by atomic mass is 16.3. The summed E-state index contributed by atoms with van der Waals surface area (Å²) in [5.41, 5.74) is 6.64. The summed E-state index contributed by atoms with van der Waals surface area (Å²) in [6.07, 6.45) is 0. The Morgan fingerprint density at radius 1 is 1.26 bits per heavy atom. The summed E-state index contributed by atoms with van der Waals surface area (Å²) in [5.74, 6) is 0.705. The van der Waals surface area contributed by atoms with Gasteiger partial charge < -0.3 is 15.5 Å². The second-order valence-corrected chi connectivity index (χ2v) is 5.19. The molecule has 1 aromatic heterocycles. The second-order valence-electron chi connectivity index (χ2n) is 5.19. The Morgan fingerprint density at radius 2 is 1.95 bits per heavy atom. The van der Waals surface area contributed by atoms with Gasteiger partial charge in [-0.25, -0.2) is 0 Å². The standard InChI is InChI=1S/C15H20N2O2/c1-9(2)14(16)15(18)17-10(3)13-8-11-6-4-5-7-12(11)19-13/h4-10,14H,16H2,1-3H3,(H,17,18). The van der Waals surface area contributed by atoms with Gasteiger partial charge in [-0.05, 0) is 25.0 Å². The van der Waals surface area contributed by atoms with E-state index in [1.54, 1.807) is 0 Å². The molecular weight excluding hydrogens is 240 g/mol. The van der Waals surface area contributed by atoms with Gasteiger partial charge >= 0.3 is 0 Å². The van der Waals surface area contributed by atoms with Crippen molar-refractivity contribution in [2.75, 3.05) is 0 Å². The van der Waals surface area contributed by atoms with Crippen LogP contribution in [0.25, 0.3) is 11.0 Å². The zero-order valence-corrected chi connectivity index (χ0v) is 11.5. The number of carbonyl (C=O) groups excluding carboxylic acids is 1. The van der Waals surface area contributed by atoms with Crippen molar-refractivity contribution in [3.8, 4) is 0 Å². The van der Waals surface area contributed by atoms with Gasteiger partial charge in [-0.3, -0.25) is 4.79 Å². The topological polar surface area (TPSA) is 68.3 Å². The number of carbonyl (C=O) groups is 1. The van der Waals surface area contributed by atoms with Crippen LogP contribution in [-0.2, 0) is 4.79 Å². The highest BCUT2D eigenvalue weighted by Gasteiger charge is 2.20. The lowest BCUT2D eigenvalue weighted by Crippen LogP contribution is -2.44. The van der Waals surface area contributed by atoms with E-state index < -0.39 is 6.04 Å². The first-order valence-electron chi connectivity index (χ1n) is 6.53. The first-order valence-corrected chi connectivity index (χ1v) is 6.53. The molecule has 0 bridgehead atoms. The molecule has 1 heterocycles. The lowest BCUT2D eigenvalue weighted by atomic mass is 10.0. The zero-order valence-electron chi connectivity index (χ0n) is 11.5. The van der Waals surface area contributed by atoms with Crippen molar-refractivity contribution in [3.63, 3.8) is 0 Å². The van der Waals surface area contributed by atoms with Crippen LogP contribution in [0.2, 0.25) is 0 Å². The molecular formula is C15H20N2O2. The van der Waals surface area contributed by atoms with Crippen LogP contribution in [0.15, 0.2) is 34.7 Å². The van der Waals surface area contributed by atoms with Crippen molar-refractivity contribution < 1.29 is 9.21 Å². The fourth-order valence-corrected chi connectivity index (χ4v) is 1.90. The number of fused-ring (bicyclic) bond motifs is 1. The Kier molecular flexibility index (Phi) is 3.90. The lowest BCUT2D eigenvalue weighted by Gasteiger charge is -2.18. The lowest BCUT2D eigenvalue weighted by molar-refractivity contribution is -0.124. The number of hydrogen-bond donors (Lipinski definition) is 2. The van der Waals surface area contributed by atoms with Crippen LogP contribution in [0.5, 0.6) is 0 Å². The number of amides is 1. The minimum Gasteiger partial charge on any atom is -0.459 e. The van der Waals surface area contributed by atoms with Gasteiger partial charge in [0.2, 0.25) is 5.91 Å². The minimum atomic E-state index is -0.494. The fourth-order valence-electron chi connectivity index (χ4n) is 1.90. The van der Waals surface area contributed by atoms with E-state index in [1.165, 1.54) is 0 Å². The summed E-state index contributed by atoms with van der Waals surface area (Å²) in [7, 11) is 0. The average Bonchev–Trinajstić information content (AvgIpc) is 2.81. The van der Waals surface area contributed by atoms with Gasteiger partial charge in [0.05, 0.1) is 12.1 Å². The zero-order chi connectivity index (χ0) is 14.0. The summed E-state index contributed by atoms with van der Waals surface area (Å²) < 4.78 is 5.72. The van der Waals surface area contributed by atoms with Crippen LogP contribution in [0.3, 0.4) is 0 Å². The van der Waals surface area contributed by atoms with Gasteiger partial charge in [-0.2, -0.15) is 0 Å². The fraction of sp³-hybridized carbons (Fsp3) is 0.400. The van der Waals surface area contributed by atoms with Crippen LogP contribution in [-0.4, -0.2) is 11.9 Å². The summed E-state index contributed by atoms with van der Waals surface area (Å²) in [4.78, 5) is 11.9. The molecule has 1 amide bonds. The number of nitrogens with one attached hydrogen (secondary N) is 1. The Bertz CT molecular complexity index is 541. The molecule has 0 saturated carbocycles. The summed E-state index contributed by atoms with van der Waals surface area (Å²) in [5, 5.41) is 3.91. The third-order valence-electron chi connectivity index (χ3n) is 3.25. The molecule has 0 fully saturated rings. The van der Waals surface area contributed by atoms with Crippen LogP contribution in [0.4, 0.5) is 0 Å². The van der Waals surface area contributed by atoms with Crippen molar-refractivity contribution in [2.24, 2.45) is 11.7 Å². The molecule has 2 aromatic rings. The van der Waals surface area contributed by atoms with Crippen LogP contribution in [0, 0.1) is 5.92 Å². The average molecular weight is 260 g/mol. The van der Waals surface area contributed by atoms with Crippen molar-refractivity contribution in [3.05, 3.63) is 36.1 Å². The van der Waals surface area contributed by atoms with E-state index in [1.807, 2.05) is 51.1 Å². The number of nitrogens with two attached hydrogens (primary N) is 1. The predicted octanol–water partition coefficient (Wildman–Crippen LogP) is 2.59. The maximum absolute atomic E-state index is 11.9. The van der Waals surface area contributed by atoms with E-state index in [4.69, 9.17) is 10.2 Å². The van der Waals surface area contributed by atoms with E-state index in [2.05, 4.69) is 5.32 Å². The van der Waals surface area contributed by atoms with Crippen molar-refractivity contribution >= 4 is 16.9 Å². The maximum Gasteiger partial charge on any atom is 0.237 e. The second kappa shape index (κ2) is 5.45. The Balaban J connectivity index is 2.11. The van der Waals surface area contributed by atoms with Gasteiger partial charge in [0.15, 0.2) is 0 Å². The molecule has 0 aliphatic rings. The largest absolute Gasteiger partial charge is 0.459 e. The molecule has 1 aromatic carbocycles. The van der Waals surface area contributed by atoms with Crippen LogP contribution >= 0.6 is 0 Å². The maximum atomic E-state index is 11.9. The minimum absolute atomic E-state index is 0.114. The van der Waals surface area contributed by atoms with E-state index in [9.17, 15) is 4.79 Å². The Morgan fingerprint density at radius 3 is 2.58 bits per heavy atom. The third kappa shape index (κ3) is 2.96. The number of rotatable bonds is 4. The predicted molar refractivity (Wildman–Crippen MR) is 75.6 cm³/mol. The third-order valence-corrected chi connectivity index (χ3v) is 3.25. The van der Waals surface area contributed by atoms with Crippen molar-refractivity contribution in [1.29, 1.82) is 0 Å². The summed E-state index contributed by atoms with van der Waals surface area (Å²) >= 11 is 0. The van der Waals surface area contributed by atoms with Gasteiger partial charge in [0.25, 0.3) is 0 Å². The number of hydrogen-bond acceptors (Lipinski definition) is 3. The quantitative estimate of drug-likeness (QED) is 0.887. The van der Waals surface area contributed by atoms with E-state index in [0.717, 1.165) is 16.7 Å². The van der Waals surface area contributed by atoms with Gasteiger partial charge in [-0.15, -0.1) is 0 Å². The van der Waals surface area contributed by atoms with Crippen LogP contribution in [0.1, 0.15) is 32.6 Å². The molecule has 0 aliphatic heterocycles. The Labute approximate surface area is 113 Å². The SMILES string of the molecule is CC(NC(=O)C(N)C(C)C)c1cc2ccccc2o1. The van der Waals surface area contributed by atoms with Gasteiger partial charge in [0.1, 0.15) is 11.3 Å².